The molecule has 1 unspecified atom stereocenters. The van der Waals surface area contributed by atoms with Gasteiger partial charge in [-0.3, -0.25) is 4.90 Å². The smallest absolute Gasteiger partial charge is 0.0382 e. The SMILES string of the molecule is C=CCC(c1ccccc1)N(C)Cc1ccccc1. The van der Waals surface area contributed by atoms with Crippen molar-refractivity contribution in [2.24, 2.45) is 0 Å². The largest absolute Gasteiger partial charge is 0.295 e. The Hall–Kier alpha value is -1.86. The van der Waals surface area contributed by atoms with E-state index in [1.165, 1.54) is 11.1 Å². The van der Waals surface area contributed by atoms with Gasteiger partial charge in [-0.2, -0.15) is 0 Å². The molecule has 0 N–H and O–H groups in total. The fraction of sp³-hybridized carbons (Fsp3) is 0.222. The Morgan fingerprint density at radius 3 is 2.16 bits per heavy atom. The first-order valence-electron chi connectivity index (χ1n) is 6.71. The van der Waals surface area contributed by atoms with Gasteiger partial charge in [0, 0.05) is 12.6 Å². The number of hydrogen-bond donors (Lipinski definition) is 0. The molecule has 1 atom stereocenters. The zero-order valence-electron chi connectivity index (χ0n) is 11.5. The molecule has 0 saturated carbocycles. The molecule has 0 radical (unpaired) electrons. The summed E-state index contributed by atoms with van der Waals surface area (Å²) in [5.74, 6) is 0. The summed E-state index contributed by atoms with van der Waals surface area (Å²) in [6.45, 7) is 4.84. The van der Waals surface area contributed by atoms with Crippen LogP contribution in [-0.4, -0.2) is 11.9 Å². The zero-order valence-corrected chi connectivity index (χ0v) is 11.5. The topological polar surface area (TPSA) is 3.24 Å². The number of hydrogen-bond acceptors (Lipinski definition) is 1. The predicted molar refractivity (Wildman–Crippen MR) is 81.9 cm³/mol. The molecule has 0 aromatic heterocycles. The van der Waals surface area contributed by atoms with Crippen LogP contribution in [0.25, 0.3) is 0 Å². The highest BCUT2D eigenvalue weighted by Crippen LogP contribution is 2.24. The fourth-order valence-electron chi connectivity index (χ4n) is 2.39. The van der Waals surface area contributed by atoms with Crippen molar-refractivity contribution in [3.05, 3.63) is 84.4 Å². The fourth-order valence-corrected chi connectivity index (χ4v) is 2.39. The second kappa shape index (κ2) is 6.91. The minimum atomic E-state index is 0.388. The van der Waals surface area contributed by atoms with Crippen molar-refractivity contribution in [1.82, 2.24) is 4.90 Å². The lowest BCUT2D eigenvalue weighted by Crippen LogP contribution is -2.23. The van der Waals surface area contributed by atoms with Crippen LogP contribution in [0.3, 0.4) is 0 Å². The molecule has 0 saturated heterocycles. The lowest BCUT2D eigenvalue weighted by molar-refractivity contribution is 0.237. The van der Waals surface area contributed by atoms with Crippen molar-refractivity contribution in [3.63, 3.8) is 0 Å². The molecule has 2 rings (SSSR count). The van der Waals surface area contributed by atoms with E-state index in [1.807, 2.05) is 6.08 Å². The Balaban J connectivity index is 2.13. The Labute approximate surface area is 116 Å². The molecule has 19 heavy (non-hydrogen) atoms. The first-order valence-corrected chi connectivity index (χ1v) is 6.71. The van der Waals surface area contributed by atoms with E-state index in [0.717, 1.165) is 13.0 Å². The summed E-state index contributed by atoms with van der Waals surface area (Å²) in [7, 11) is 2.17. The van der Waals surface area contributed by atoms with Crippen LogP contribution in [0.15, 0.2) is 73.3 Å². The minimum Gasteiger partial charge on any atom is -0.295 e. The van der Waals surface area contributed by atoms with E-state index < -0.39 is 0 Å². The molecule has 0 amide bonds. The average Bonchev–Trinajstić information content (AvgIpc) is 2.46. The predicted octanol–water partition coefficient (Wildman–Crippen LogP) is 4.44. The molecule has 0 aliphatic heterocycles. The van der Waals surface area contributed by atoms with E-state index in [0.29, 0.717) is 6.04 Å². The first kappa shape index (κ1) is 13.6. The van der Waals surface area contributed by atoms with E-state index in [9.17, 15) is 0 Å². The average molecular weight is 251 g/mol. The quantitative estimate of drug-likeness (QED) is 0.686. The van der Waals surface area contributed by atoms with E-state index in [2.05, 4.69) is 79.2 Å². The number of benzene rings is 2. The van der Waals surface area contributed by atoms with Crippen LogP contribution in [-0.2, 0) is 6.54 Å². The maximum Gasteiger partial charge on any atom is 0.0382 e. The summed E-state index contributed by atoms with van der Waals surface area (Å²) >= 11 is 0. The lowest BCUT2D eigenvalue weighted by Gasteiger charge is -2.27. The molecule has 0 spiro atoms. The molecular formula is C18H21N. The highest BCUT2D eigenvalue weighted by molar-refractivity contribution is 5.21. The van der Waals surface area contributed by atoms with Gasteiger partial charge in [0.25, 0.3) is 0 Å². The summed E-state index contributed by atoms with van der Waals surface area (Å²) < 4.78 is 0. The second-order valence-electron chi connectivity index (χ2n) is 4.85. The summed E-state index contributed by atoms with van der Waals surface area (Å²) in [4.78, 5) is 2.38. The van der Waals surface area contributed by atoms with Crippen LogP contribution >= 0.6 is 0 Å². The number of rotatable bonds is 6. The maximum atomic E-state index is 3.89. The van der Waals surface area contributed by atoms with Crippen LogP contribution in [0.1, 0.15) is 23.6 Å². The van der Waals surface area contributed by atoms with E-state index in [1.54, 1.807) is 0 Å². The van der Waals surface area contributed by atoms with Crippen molar-refractivity contribution in [2.75, 3.05) is 7.05 Å². The van der Waals surface area contributed by atoms with Crippen LogP contribution in [0.2, 0.25) is 0 Å². The van der Waals surface area contributed by atoms with Crippen LogP contribution in [0.5, 0.6) is 0 Å². The van der Waals surface area contributed by atoms with E-state index in [-0.39, 0.29) is 0 Å². The molecule has 2 aromatic rings. The standard InChI is InChI=1S/C18H21N/c1-3-10-18(17-13-8-5-9-14-17)19(2)15-16-11-6-4-7-12-16/h3-9,11-14,18H,1,10,15H2,2H3. The van der Waals surface area contributed by atoms with Crippen molar-refractivity contribution < 1.29 is 0 Å². The molecule has 0 aliphatic rings. The molecule has 1 heteroatoms. The van der Waals surface area contributed by atoms with Gasteiger partial charge in [0.1, 0.15) is 0 Å². The third kappa shape index (κ3) is 3.80. The summed E-state index contributed by atoms with van der Waals surface area (Å²) in [6, 6.07) is 21.6. The zero-order chi connectivity index (χ0) is 13.5. The molecule has 0 aliphatic carbocycles. The van der Waals surface area contributed by atoms with E-state index >= 15 is 0 Å². The third-order valence-corrected chi connectivity index (χ3v) is 3.38. The molecular weight excluding hydrogens is 230 g/mol. The van der Waals surface area contributed by atoms with Gasteiger partial charge in [0.05, 0.1) is 0 Å². The summed E-state index contributed by atoms with van der Waals surface area (Å²) in [6.07, 6.45) is 2.96. The lowest BCUT2D eigenvalue weighted by atomic mass is 10.0. The Bertz CT molecular complexity index is 490. The van der Waals surface area contributed by atoms with Gasteiger partial charge in [-0.15, -0.1) is 6.58 Å². The van der Waals surface area contributed by atoms with Gasteiger partial charge in [0.15, 0.2) is 0 Å². The molecule has 0 bridgehead atoms. The van der Waals surface area contributed by atoms with Crippen LogP contribution in [0, 0.1) is 0 Å². The molecule has 0 fully saturated rings. The summed E-state index contributed by atoms with van der Waals surface area (Å²) in [5, 5.41) is 0. The molecule has 1 nitrogen and oxygen atoms in total. The minimum absolute atomic E-state index is 0.388. The second-order valence-corrected chi connectivity index (χ2v) is 4.85. The van der Waals surface area contributed by atoms with Gasteiger partial charge in [0.2, 0.25) is 0 Å². The van der Waals surface area contributed by atoms with Crippen molar-refractivity contribution in [2.45, 2.75) is 19.0 Å². The first-order chi connectivity index (χ1) is 9.31. The van der Waals surface area contributed by atoms with Gasteiger partial charge in [-0.1, -0.05) is 66.7 Å². The van der Waals surface area contributed by atoms with Crippen molar-refractivity contribution >= 4 is 0 Å². The molecule has 2 aromatic carbocycles. The van der Waals surface area contributed by atoms with Gasteiger partial charge < -0.3 is 0 Å². The van der Waals surface area contributed by atoms with Crippen LogP contribution < -0.4 is 0 Å². The van der Waals surface area contributed by atoms with Gasteiger partial charge in [-0.05, 0) is 24.6 Å². The Morgan fingerprint density at radius 1 is 1.00 bits per heavy atom. The Morgan fingerprint density at radius 2 is 1.58 bits per heavy atom. The molecule has 98 valence electrons. The normalized spacial score (nSPS) is 12.3. The monoisotopic (exact) mass is 251 g/mol. The maximum absolute atomic E-state index is 3.89. The van der Waals surface area contributed by atoms with Gasteiger partial charge >= 0.3 is 0 Å². The van der Waals surface area contributed by atoms with Gasteiger partial charge in [-0.25, -0.2) is 0 Å². The van der Waals surface area contributed by atoms with E-state index in [4.69, 9.17) is 0 Å². The van der Waals surface area contributed by atoms with Crippen molar-refractivity contribution in [1.29, 1.82) is 0 Å². The molecule has 0 heterocycles. The van der Waals surface area contributed by atoms with Crippen molar-refractivity contribution in [3.8, 4) is 0 Å². The Kier molecular flexibility index (Phi) is 4.93. The highest BCUT2D eigenvalue weighted by Gasteiger charge is 2.15. The third-order valence-electron chi connectivity index (χ3n) is 3.38. The van der Waals surface area contributed by atoms with Crippen LogP contribution in [0.4, 0.5) is 0 Å². The highest BCUT2D eigenvalue weighted by atomic mass is 15.1. The number of nitrogens with zero attached hydrogens (tertiary/aromatic N) is 1. The summed E-state index contributed by atoms with van der Waals surface area (Å²) in [5.41, 5.74) is 2.69.